The van der Waals surface area contributed by atoms with Crippen LogP contribution in [0.3, 0.4) is 0 Å². The van der Waals surface area contributed by atoms with E-state index in [0.717, 1.165) is 17.2 Å². The molecule has 9 nitrogen and oxygen atoms in total. The fourth-order valence-electron chi connectivity index (χ4n) is 3.46. The number of benzene rings is 2. The largest absolute Gasteiger partial charge is 0.420 e. The van der Waals surface area contributed by atoms with Gasteiger partial charge in [-0.1, -0.05) is 23.8 Å². The van der Waals surface area contributed by atoms with Crippen LogP contribution in [0.5, 0.6) is 0 Å². The molecule has 0 N–H and O–H groups in total. The normalized spacial score (nSPS) is 15.9. The van der Waals surface area contributed by atoms with Crippen LogP contribution in [0, 0.1) is 17.0 Å². The van der Waals surface area contributed by atoms with Gasteiger partial charge in [0.15, 0.2) is 0 Å². The van der Waals surface area contributed by atoms with Gasteiger partial charge >= 0.3 is 0 Å². The average molecular weight is 428 g/mol. The lowest BCUT2D eigenvalue weighted by Gasteiger charge is -2.29. The van der Waals surface area contributed by atoms with Crippen LogP contribution in [0.2, 0.25) is 0 Å². The highest BCUT2D eigenvalue weighted by molar-refractivity contribution is 7.89. The van der Waals surface area contributed by atoms with E-state index >= 15 is 0 Å². The first-order chi connectivity index (χ1) is 14.3. The minimum Gasteiger partial charge on any atom is -0.420 e. The van der Waals surface area contributed by atoms with Crippen molar-refractivity contribution in [3.05, 3.63) is 70.1 Å². The summed E-state index contributed by atoms with van der Waals surface area (Å²) in [6.07, 6.45) is 1.06. The molecule has 0 saturated carbocycles. The molecule has 1 aliphatic rings. The maximum Gasteiger partial charge on any atom is 0.270 e. The van der Waals surface area contributed by atoms with E-state index in [-0.39, 0.29) is 29.6 Å². The van der Waals surface area contributed by atoms with E-state index < -0.39 is 14.9 Å². The van der Waals surface area contributed by atoms with E-state index in [1.165, 1.54) is 22.5 Å². The molecular weight excluding hydrogens is 408 g/mol. The van der Waals surface area contributed by atoms with Gasteiger partial charge in [0.2, 0.25) is 21.8 Å². The lowest BCUT2D eigenvalue weighted by atomic mass is 9.98. The lowest BCUT2D eigenvalue weighted by molar-refractivity contribution is -0.385. The molecule has 2 heterocycles. The second-order valence-corrected chi connectivity index (χ2v) is 9.18. The minimum atomic E-state index is -3.80. The molecule has 0 atom stereocenters. The smallest absolute Gasteiger partial charge is 0.270 e. The van der Waals surface area contributed by atoms with Crippen molar-refractivity contribution < 1.29 is 17.8 Å². The van der Waals surface area contributed by atoms with Gasteiger partial charge in [-0.05, 0) is 38.0 Å². The van der Waals surface area contributed by atoms with Crippen molar-refractivity contribution in [1.29, 1.82) is 0 Å². The molecule has 0 bridgehead atoms. The molecule has 2 aromatic carbocycles. The van der Waals surface area contributed by atoms with Gasteiger partial charge in [0.05, 0.1) is 9.82 Å². The van der Waals surface area contributed by atoms with Gasteiger partial charge in [-0.2, -0.15) is 4.31 Å². The Morgan fingerprint density at radius 3 is 2.47 bits per heavy atom. The molecule has 0 amide bonds. The third-order valence-corrected chi connectivity index (χ3v) is 7.10. The zero-order valence-corrected chi connectivity index (χ0v) is 17.1. The van der Waals surface area contributed by atoms with E-state index in [9.17, 15) is 18.5 Å². The molecule has 10 heteroatoms. The van der Waals surface area contributed by atoms with E-state index in [4.69, 9.17) is 4.42 Å². The zero-order chi connectivity index (χ0) is 21.3. The Morgan fingerprint density at radius 2 is 1.80 bits per heavy atom. The van der Waals surface area contributed by atoms with E-state index in [2.05, 4.69) is 10.2 Å². The van der Waals surface area contributed by atoms with Crippen molar-refractivity contribution in [2.75, 3.05) is 13.1 Å². The van der Waals surface area contributed by atoms with Gasteiger partial charge in [0.25, 0.3) is 5.69 Å². The molecular formula is C20H20N4O5S. The number of sulfonamides is 1. The molecule has 30 heavy (non-hydrogen) atoms. The number of hydrogen-bond acceptors (Lipinski definition) is 7. The topological polar surface area (TPSA) is 119 Å². The van der Waals surface area contributed by atoms with Crippen LogP contribution in [-0.2, 0) is 10.0 Å². The Bertz CT molecular complexity index is 1170. The maximum atomic E-state index is 12.9. The molecule has 0 aliphatic carbocycles. The predicted octanol–water partition coefficient (Wildman–Crippen LogP) is 3.52. The Kier molecular flexibility index (Phi) is 5.35. The Morgan fingerprint density at radius 1 is 1.10 bits per heavy atom. The number of rotatable bonds is 5. The van der Waals surface area contributed by atoms with Crippen molar-refractivity contribution in [2.45, 2.75) is 30.6 Å². The van der Waals surface area contributed by atoms with Crippen molar-refractivity contribution in [2.24, 2.45) is 0 Å². The molecule has 0 radical (unpaired) electrons. The van der Waals surface area contributed by atoms with Crippen LogP contribution in [0.25, 0.3) is 11.5 Å². The van der Waals surface area contributed by atoms with Gasteiger partial charge < -0.3 is 4.42 Å². The fourth-order valence-corrected chi connectivity index (χ4v) is 4.97. The third kappa shape index (κ3) is 3.96. The van der Waals surface area contributed by atoms with E-state index in [0.29, 0.717) is 24.6 Å². The number of aromatic nitrogens is 2. The number of hydrogen-bond donors (Lipinski definition) is 0. The first kappa shape index (κ1) is 20.2. The lowest BCUT2D eigenvalue weighted by Crippen LogP contribution is -2.38. The first-order valence-electron chi connectivity index (χ1n) is 9.49. The molecule has 156 valence electrons. The standard InChI is InChI=1S/C20H20N4O5S/c1-14-5-7-15(8-6-14)19-21-22-20(29-19)16-9-11-23(12-10-16)30(27,28)18-4-2-3-17(13-18)24(25)26/h2-8,13,16H,9-12H2,1H3. The average Bonchev–Trinajstić information content (AvgIpc) is 3.25. The first-order valence-corrected chi connectivity index (χ1v) is 10.9. The molecule has 4 rings (SSSR count). The molecule has 1 aliphatic heterocycles. The van der Waals surface area contributed by atoms with E-state index in [1.807, 2.05) is 31.2 Å². The number of non-ortho nitro benzene ring substituents is 1. The quantitative estimate of drug-likeness (QED) is 0.450. The second-order valence-electron chi connectivity index (χ2n) is 7.24. The fraction of sp³-hybridized carbons (Fsp3) is 0.300. The second kappa shape index (κ2) is 7.96. The van der Waals surface area contributed by atoms with Gasteiger partial charge in [0, 0.05) is 36.7 Å². The maximum absolute atomic E-state index is 12.9. The van der Waals surface area contributed by atoms with Crippen LogP contribution < -0.4 is 0 Å². The van der Waals surface area contributed by atoms with Crippen LogP contribution >= 0.6 is 0 Å². The van der Waals surface area contributed by atoms with Gasteiger partial charge in [-0.15, -0.1) is 10.2 Å². The number of piperidine rings is 1. The Balaban J connectivity index is 1.46. The highest BCUT2D eigenvalue weighted by atomic mass is 32.2. The van der Waals surface area contributed by atoms with Crippen LogP contribution in [-0.4, -0.2) is 40.9 Å². The number of nitro groups is 1. The van der Waals surface area contributed by atoms with Gasteiger partial charge in [-0.3, -0.25) is 10.1 Å². The van der Waals surface area contributed by atoms with Crippen molar-refractivity contribution in [3.8, 4) is 11.5 Å². The molecule has 0 unspecified atom stereocenters. The molecule has 1 fully saturated rings. The highest BCUT2D eigenvalue weighted by Crippen LogP contribution is 2.32. The molecule has 3 aromatic rings. The van der Waals surface area contributed by atoms with Crippen molar-refractivity contribution in [1.82, 2.24) is 14.5 Å². The molecule has 0 spiro atoms. The molecule has 1 saturated heterocycles. The minimum absolute atomic E-state index is 0.0340. The third-order valence-electron chi connectivity index (χ3n) is 5.21. The summed E-state index contributed by atoms with van der Waals surface area (Å²) in [5.74, 6) is 0.905. The summed E-state index contributed by atoms with van der Waals surface area (Å²) in [6.45, 7) is 2.55. The van der Waals surface area contributed by atoms with Crippen molar-refractivity contribution >= 4 is 15.7 Å². The highest BCUT2D eigenvalue weighted by Gasteiger charge is 2.32. The van der Waals surface area contributed by atoms with Crippen molar-refractivity contribution in [3.63, 3.8) is 0 Å². The summed E-state index contributed by atoms with van der Waals surface area (Å²) in [7, 11) is -3.80. The predicted molar refractivity (Wildman–Crippen MR) is 108 cm³/mol. The summed E-state index contributed by atoms with van der Waals surface area (Å²) in [5.41, 5.74) is 1.72. The summed E-state index contributed by atoms with van der Waals surface area (Å²) >= 11 is 0. The summed E-state index contributed by atoms with van der Waals surface area (Å²) in [5, 5.41) is 19.2. The van der Waals surface area contributed by atoms with Gasteiger partial charge in [0.1, 0.15) is 0 Å². The molecule has 1 aromatic heterocycles. The number of nitrogens with zero attached hydrogens (tertiary/aromatic N) is 4. The van der Waals surface area contributed by atoms with Crippen LogP contribution in [0.1, 0.15) is 30.2 Å². The number of nitro benzene ring substituents is 1. The summed E-state index contributed by atoms with van der Waals surface area (Å²) in [4.78, 5) is 10.3. The van der Waals surface area contributed by atoms with E-state index in [1.54, 1.807) is 0 Å². The SMILES string of the molecule is Cc1ccc(-c2nnc(C3CCN(S(=O)(=O)c4cccc([N+](=O)[O-])c4)CC3)o2)cc1. The summed E-state index contributed by atoms with van der Waals surface area (Å²) in [6, 6.07) is 12.9. The van der Waals surface area contributed by atoms with Crippen LogP contribution in [0.15, 0.2) is 57.8 Å². The monoisotopic (exact) mass is 428 g/mol. The van der Waals surface area contributed by atoms with Gasteiger partial charge in [-0.25, -0.2) is 8.42 Å². The summed E-state index contributed by atoms with van der Waals surface area (Å²) < 4.78 is 32.9. The van der Waals surface area contributed by atoms with Crippen LogP contribution in [0.4, 0.5) is 5.69 Å². The Hall–Kier alpha value is -3.11. The zero-order valence-electron chi connectivity index (χ0n) is 16.3. The Labute approximate surface area is 173 Å². The number of aryl methyl sites for hydroxylation is 1.